The number of benzene rings is 2. The molecule has 0 spiro atoms. The van der Waals surface area contributed by atoms with E-state index in [1.165, 1.54) is 0 Å². The van der Waals surface area contributed by atoms with Crippen molar-refractivity contribution in [3.8, 4) is 0 Å². The third kappa shape index (κ3) is 10.9. The van der Waals surface area contributed by atoms with Gasteiger partial charge in [-0.1, -0.05) is 80.1 Å². The third-order valence-electron chi connectivity index (χ3n) is 3.18. The molecule has 0 aromatic heterocycles. The van der Waals surface area contributed by atoms with Crippen molar-refractivity contribution in [2.24, 2.45) is 5.92 Å². The van der Waals surface area contributed by atoms with E-state index in [1.807, 2.05) is 88.4 Å². The Labute approximate surface area is 156 Å². The molecule has 0 aliphatic heterocycles. The summed E-state index contributed by atoms with van der Waals surface area (Å²) in [7, 11) is 0. The van der Waals surface area contributed by atoms with E-state index in [-0.39, 0.29) is 5.92 Å². The van der Waals surface area contributed by atoms with Gasteiger partial charge < -0.3 is 9.59 Å². The van der Waals surface area contributed by atoms with Crippen LogP contribution in [0.15, 0.2) is 66.2 Å². The van der Waals surface area contributed by atoms with Gasteiger partial charge in [-0.05, 0) is 25.0 Å². The highest BCUT2D eigenvalue weighted by Crippen LogP contribution is 2.15. The lowest BCUT2D eigenvalue weighted by atomic mass is 10.0. The molecular weight excluding hydrogens is 324 g/mol. The van der Waals surface area contributed by atoms with Crippen LogP contribution in [0, 0.1) is 5.92 Å². The van der Waals surface area contributed by atoms with E-state index in [0.717, 1.165) is 41.1 Å². The number of hydrogen-bond acceptors (Lipinski definition) is 3. The highest BCUT2D eigenvalue weighted by Gasteiger charge is 1.99. The minimum atomic E-state index is 0.204. The summed E-state index contributed by atoms with van der Waals surface area (Å²) in [5.74, 6) is 0.204. The van der Waals surface area contributed by atoms with E-state index in [2.05, 4.69) is 0 Å². The van der Waals surface area contributed by atoms with Gasteiger partial charge in [-0.3, -0.25) is 4.79 Å². The molecule has 2 aromatic rings. The summed E-state index contributed by atoms with van der Waals surface area (Å²) in [6.07, 6.45) is 3.26. The van der Waals surface area contributed by atoms with Crippen molar-refractivity contribution >= 4 is 24.4 Å². The first-order chi connectivity index (χ1) is 12.5. The topological polar surface area (TPSA) is 51.2 Å². The maximum atomic E-state index is 10.7. The molecule has 0 radical (unpaired) electrons. The molecule has 0 aliphatic carbocycles. The predicted molar refractivity (Wildman–Crippen MR) is 108 cm³/mol. The molecule has 0 unspecified atom stereocenters. The molecule has 138 valence electrons. The van der Waals surface area contributed by atoms with E-state index >= 15 is 0 Å². The molecule has 26 heavy (non-hydrogen) atoms. The minimum absolute atomic E-state index is 0.204. The van der Waals surface area contributed by atoms with Crippen LogP contribution in [0.1, 0.15) is 38.8 Å². The van der Waals surface area contributed by atoms with Crippen molar-refractivity contribution in [1.29, 1.82) is 0 Å². The average Bonchev–Trinajstić information content (AvgIpc) is 2.65. The standard InChI is InChI=1S/C11H12O.C8H8O.C4H8O/c1-9(2)11(8-12)10-6-4-3-5-7-10;9-7-6-8-4-2-1-3-5-8;1-4(2)3-5/h3-8H,1-2H3;1-5,7H,6H2;3-4H,1-2H3. The Morgan fingerprint density at radius 3 is 1.65 bits per heavy atom. The number of hydrogen-bond donors (Lipinski definition) is 0. The number of carbonyl (C=O) groups excluding carboxylic acids is 3. The highest BCUT2D eigenvalue weighted by molar-refractivity contribution is 6.07. The van der Waals surface area contributed by atoms with Crippen LogP contribution in [0.3, 0.4) is 0 Å². The van der Waals surface area contributed by atoms with Crippen LogP contribution in [0.4, 0.5) is 0 Å². The number of allylic oxidation sites excluding steroid dienone is 2. The predicted octanol–water partition coefficient (Wildman–Crippen LogP) is 4.95. The van der Waals surface area contributed by atoms with Gasteiger partial charge in [0.25, 0.3) is 0 Å². The van der Waals surface area contributed by atoms with Crippen LogP contribution in [0.2, 0.25) is 0 Å². The van der Waals surface area contributed by atoms with Gasteiger partial charge >= 0.3 is 0 Å². The average molecular weight is 352 g/mol. The molecule has 3 heteroatoms. The summed E-state index contributed by atoms with van der Waals surface area (Å²) in [4.78, 5) is 30.2. The summed E-state index contributed by atoms with van der Waals surface area (Å²) in [6.45, 7) is 7.59. The second-order valence-electron chi connectivity index (χ2n) is 6.13. The molecule has 2 aromatic carbocycles. The summed E-state index contributed by atoms with van der Waals surface area (Å²) in [5, 5.41) is 0. The number of rotatable bonds is 5. The SMILES string of the molecule is CC(C)=C(C=O)c1ccccc1.CC(C)C=O.O=CCc1ccccc1. The van der Waals surface area contributed by atoms with Crippen LogP contribution in [-0.2, 0) is 20.8 Å². The fraction of sp³-hybridized carbons (Fsp3) is 0.261. The van der Waals surface area contributed by atoms with Crippen LogP contribution in [0.25, 0.3) is 5.57 Å². The molecule has 2 rings (SSSR count). The zero-order valence-corrected chi connectivity index (χ0v) is 16.0. The quantitative estimate of drug-likeness (QED) is 0.565. The van der Waals surface area contributed by atoms with E-state index in [9.17, 15) is 14.4 Å². The first-order valence-electron chi connectivity index (χ1n) is 8.57. The molecule has 0 saturated carbocycles. The van der Waals surface area contributed by atoms with Gasteiger partial charge in [0, 0.05) is 17.9 Å². The Morgan fingerprint density at radius 2 is 1.31 bits per heavy atom. The van der Waals surface area contributed by atoms with Gasteiger partial charge in [-0.25, -0.2) is 0 Å². The normalized spacial score (nSPS) is 8.96. The second-order valence-corrected chi connectivity index (χ2v) is 6.13. The molecular formula is C23H28O3. The fourth-order valence-electron chi connectivity index (χ4n) is 1.80. The molecule has 0 atom stereocenters. The molecule has 0 fully saturated rings. The van der Waals surface area contributed by atoms with E-state index in [1.54, 1.807) is 0 Å². The lowest BCUT2D eigenvalue weighted by Crippen LogP contribution is -1.87. The lowest BCUT2D eigenvalue weighted by molar-refractivity contribution is -0.110. The summed E-state index contributed by atoms with van der Waals surface area (Å²) < 4.78 is 0. The Balaban J connectivity index is 0.000000394. The van der Waals surface area contributed by atoms with Crippen molar-refractivity contribution in [1.82, 2.24) is 0 Å². The Kier molecular flexibility index (Phi) is 13.0. The van der Waals surface area contributed by atoms with E-state index < -0.39 is 0 Å². The summed E-state index contributed by atoms with van der Waals surface area (Å²) in [6, 6.07) is 19.4. The minimum Gasteiger partial charge on any atom is -0.303 e. The van der Waals surface area contributed by atoms with Crippen LogP contribution < -0.4 is 0 Å². The molecule has 0 aliphatic rings. The second kappa shape index (κ2) is 14.5. The van der Waals surface area contributed by atoms with Crippen LogP contribution in [-0.4, -0.2) is 18.9 Å². The highest BCUT2D eigenvalue weighted by atomic mass is 16.1. The maximum Gasteiger partial charge on any atom is 0.150 e. The van der Waals surface area contributed by atoms with Crippen molar-refractivity contribution in [2.75, 3.05) is 0 Å². The number of carbonyl (C=O) groups is 3. The Hall–Kier alpha value is -2.81. The molecule has 3 nitrogen and oxygen atoms in total. The Morgan fingerprint density at radius 1 is 0.846 bits per heavy atom. The molecule has 0 saturated heterocycles. The third-order valence-corrected chi connectivity index (χ3v) is 3.18. The van der Waals surface area contributed by atoms with Crippen LogP contribution >= 0.6 is 0 Å². The maximum absolute atomic E-state index is 10.7. The van der Waals surface area contributed by atoms with E-state index in [0.29, 0.717) is 6.42 Å². The Bertz CT molecular complexity index is 667. The van der Waals surface area contributed by atoms with Crippen molar-refractivity contribution < 1.29 is 14.4 Å². The molecule has 0 N–H and O–H groups in total. The molecule has 0 heterocycles. The van der Waals surface area contributed by atoms with Gasteiger partial charge in [-0.2, -0.15) is 0 Å². The van der Waals surface area contributed by atoms with Gasteiger partial charge in [0.15, 0.2) is 6.29 Å². The molecule has 0 amide bonds. The zero-order chi connectivity index (χ0) is 19.8. The van der Waals surface area contributed by atoms with Gasteiger partial charge in [0.1, 0.15) is 12.6 Å². The fourth-order valence-corrected chi connectivity index (χ4v) is 1.80. The van der Waals surface area contributed by atoms with Gasteiger partial charge in [0.05, 0.1) is 0 Å². The van der Waals surface area contributed by atoms with Crippen molar-refractivity contribution in [3.63, 3.8) is 0 Å². The number of aldehydes is 3. The first-order valence-corrected chi connectivity index (χ1v) is 8.57. The zero-order valence-electron chi connectivity index (χ0n) is 16.0. The lowest BCUT2D eigenvalue weighted by Gasteiger charge is -2.01. The first kappa shape index (κ1) is 23.2. The smallest absolute Gasteiger partial charge is 0.150 e. The molecule has 0 bridgehead atoms. The van der Waals surface area contributed by atoms with Crippen molar-refractivity contribution in [3.05, 3.63) is 77.4 Å². The van der Waals surface area contributed by atoms with E-state index in [4.69, 9.17) is 0 Å². The summed E-state index contributed by atoms with van der Waals surface area (Å²) in [5.41, 5.74) is 3.91. The van der Waals surface area contributed by atoms with Gasteiger partial charge in [-0.15, -0.1) is 0 Å². The monoisotopic (exact) mass is 352 g/mol. The van der Waals surface area contributed by atoms with Crippen molar-refractivity contribution in [2.45, 2.75) is 34.1 Å². The largest absolute Gasteiger partial charge is 0.303 e. The summed E-state index contributed by atoms with van der Waals surface area (Å²) >= 11 is 0. The van der Waals surface area contributed by atoms with Crippen LogP contribution in [0.5, 0.6) is 0 Å². The van der Waals surface area contributed by atoms with Gasteiger partial charge in [0.2, 0.25) is 0 Å².